The van der Waals surface area contributed by atoms with Crippen molar-refractivity contribution in [3.05, 3.63) is 186 Å². The van der Waals surface area contributed by atoms with Gasteiger partial charge in [0.15, 0.2) is 0 Å². The van der Waals surface area contributed by atoms with E-state index in [0.29, 0.717) is 5.75 Å². The molecule has 0 N–H and O–H groups in total. The summed E-state index contributed by atoms with van der Waals surface area (Å²) in [6, 6.07) is 50.6. The van der Waals surface area contributed by atoms with Gasteiger partial charge in [-0.15, -0.1) is 0 Å². The molecular formula is C40H30BFN2O. The van der Waals surface area contributed by atoms with E-state index in [1.54, 1.807) is 11.6 Å². The lowest BCUT2D eigenvalue weighted by atomic mass is 9.90. The highest BCUT2D eigenvalue weighted by atomic mass is 19.1. The second kappa shape index (κ2) is 12.5. The highest BCUT2D eigenvalue weighted by Gasteiger charge is 2.30. The number of hydrogen-bond acceptors (Lipinski definition) is 2. The monoisotopic (exact) mass is 584 g/mol. The van der Waals surface area contributed by atoms with Gasteiger partial charge >= 0.3 is 7.69 Å². The van der Waals surface area contributed by atoms with E-state index in [0.717, 1.165) is 67.3 Å². The fourth-order valence-electron chi connectivity index (χ4n) is 6.05. The lowest BCUT2D eigenvalue weighted by molar-refractivity contribution is 0.413. The van der Waals surface area contributed by atoms with E-state index in [1.165, 1.54) is 0 Å². The average molecular weight is 585 g/mol. The third-order valence-electron chi connectivity index (χ3n) is 8.14. The Morgan fingerprint density at radius 3 is 1.78 bits per heavy atom. The molecule has 7 rings (SSSR count). The van der Waals surface area contributed by atoms with Crippen molar-refractivity contribution in [2.75, 3.05) is 7.11 Å². The van der Waals surface area contributed by atoms with Crippen LogP contribution in [0.15, 0.2) is 168 Å². The maximum Gasteiger partial charge on any atom is 0.449 e. The summed E-state index contributed by atoms with van der Waals surface area (Å²) in [4.78, 5) is 5.35. The van der Waals surface area contributed by atoms with Crippen LogP contribution in [0.25, 0.3) is 33.5 Å². The molecule has 0 unspecified atom stereocenters. The summed E-state index contributed by atoms with van der Waals surface area (Å²) >= 11 is 0. The Kier molecular flexibility index (Phi) is 7.82. The van der Waals surface area contributed by atoms with Gasteiger partial charge in [0.2, 0.25) is 0 Å². The number of benzene rings is 5. The normalized spacial score (nSPS) is 13.6. The second-order valence-electron chi connectivity index (χ2n) is 10.8. The van der Waals surface area contributed by atoms with Gasteiger partial charge in [-0.2, -0.15) is 0 Å². The number of allylic oxidation sites excluding steroid dienone is 2. The highest BCUT2D eigenvalue weighted by Crippen LogP contribution is 2.46. The Balaban J connectivity index is 1.64. The summed E-state index contributed by atoms with van der Waals surface area (Å²) < 4.78 is 23.4. The molecule has 0 saturated heterocycles. The van der Waals surface area contributed by atoms with E-state index in [4.69, 9.17) is 9.73 Å². The molecular weight excluding hydrogens is 554 g/mol. The van der Waals surface area contributed by atoms with Crippen LogP contribution in [0.3, 0.4) is 0 Å². The Labute approximate surface area is 263 Å². The molecule has 0 aliphatic carbocycles. The standard InChI is InChI=1S/C40H30BFN2O/c1-45-37-25-15-14-24-32(37)38(39-33(28-16-6-2-7-17-28)26-35(43-39)30-20-10-4-11-21-30)40-34(29-18-8-3-9-19-29)27-36(44(40)41-42)31-22-12-5-13-23-31/h2-27,41H,1H3/b39-38-. The smallest absolute Gasteiger partial charge is 0.449 e. The number of hydrogen-bond donors (Lipinski definition) is 0. The van der Waals surface area contributed by atoms with Crippen LogP contribution in [0.4, 0.5) is 4.32 Å². The molecule has 5 heteroatoms. The van der Waals surface area contributed by atoms with Gasteiger partial charge in [0.1, 0.15) is 5.75 Å². The van der Waals surface area contributed by atoms with E-state index in [-0.39, 0.29) is 0 Å². The van der Waals surface area contributed by atoms with Crippen molar-refractivity contribution in [1.82, 2.24) is 4.48 Å². The molecule has 1 aromatic heterocycles. The van der Waals surface area contributed by atoms with E-state index in [9.17, 15) is 0 Å². The summed E-state index contributed by atoms with van der Waals surface area (Å²) in [5.74, 6) is 0.683. The molecule has 3 nitrogen and oxygen atoms in total. The molecule has 1 aliphatic rings. The molecule has 6 aromatic rings. The van der Waals surface area contributed by atoms with Gasteiger partial charge in [-0.05, 0) is 34.9 Å². The van der Waals surface area contributed by atoms with Gasteiger partial charge in [0.25, 0.3) is 0 Å². The first-order valence-electron chi connectivity index (χ1n) is 15.0. The Morgan fingerprint density at radius 1 is 0.644 bits per heavy atom. The molecule has 0 fully saturated rings. The van der Waals surface area contributed by atoms with Gasteiger partial charge in [0, 0.05) is 39.2 Å². The number of para-hydroxylation sites is 1. The van der Waals surface area contributed by atoms with Crippen LogP contribution in [0, 0.1) is 0 Å². The zero-order valence-electron chi connectivity index (χ0n) is 24.9. The van der Waals surface area contributed by atoms with Crippen LogP contribution in [-0.4, -0.2) is 25.0 Å². The van der Waals surface area contributed by atoms with Crippen LogP contribution in [-0.2, 0) is 0 Å². The fraction of sp³-hybridized carbons (Fsp3) is 0.0250. The lowest BCUT2D eigenvalue weighted by Crippen LogP contribution is -2.10. The molecule has 0 saturated carbocycles. The number of aliphatic imine (C=N–C) groups is 1. The van der Waals surface area contributed by atoms with Gasteiger partial charge < -0.3 is 13.5 Å². The third kappa shape index (κ3) is 5.34. The van der Waals surface area contributed by atoms with Crippen molar-refractivity contribution in [2.45, 2.75) is 0 Å². The van der Waals surface area contributed by atoms with Crippen molar-refractivity contribution in [1.29, 1.82) is 0 Å². The van der Waals surface area contributed by atoms with Crippen LogP contribution < -0.4 is 4.74 Å². The quantitative estimate of drug-likeness (QED) is 0.164. The molecule has 0 radical (unpaired) electrons. The molecule has 0 spiro atoms. The van der Waals surface area contributed by atoms with Crippen molar-refractivity contribution in [3.63, 3.8) is 0 Å². The van der Waals surface area contributed by atoms with Crippen LogP contribution in [0.2, 0.25) is 0 Å². The predicted octanol–water partition coefficient (Wildman–Crippen LogP) is 9.26. The van der Waals surface area contributed by atoms with Gasteiger partial charge in [0.05, 0.1) is 18.5 Å². The molecule has 45 heavy (non-hydrogen) atoms. The number of nitrogens with zero attached hydrogens (tertiary/aromatic N) is 2. The van der Waals surface area contributed by atoms with Gasteiger partial charge in [-0.25, -0.2) is 4.99 Å². The molecule has 1 aliphatic heterocycles. The zero-order chi connectivity index (χ0) is 30.6. The van der Waals surface area contributed by atoms with Crippen molar-refractivity contribution in [2.24, 2.45) is 4.99 Å². The average Bonchev–Trinajstić information content (AvgIpc) is 3.73. The summed E-state index contributed by atoms with van der Waals surface area (Å²) in [5, 5.41) is 0. The maximum atomic E-state index is 15.6. The third-order valence-corrected chi connectivity index (χ3v) is 8.14. The first kappa shape index (κ1) is 28.1. The highest BCUT2D eigenvalue weighted by molar-refractivity contribution is 6.28. The molecule has 0 atom stereocenters. The zero-order valence-corrected chi connectivity index (χ0v) is 24.9. The minimum absolute atomic E-state index is 0.683. The fourth-order valence-corrected chi connectivity index (χ4v) is 6.05. The molecule has 0 bridgehead atoms. The molecule has 0 amide bonds. The number of rotatable bonds is 8. The Morgan fingerprint density at radius 2 is 1.18 bits per heavy atom. The predicted molar refractivity (Wildman–Crippen MR) is 185 cm³/mol. The number of aromatic nitrogens is 1. The Bertz CT molecular complexity index is 2050. The largest absolute Gasteiger partial charge is 0.496 e. The van der Waals surface area contributed by atoms with Crippen LogP contribution >= 0.6 is 0 Å². The first-order chi connectivity index (χ1) is 22.3. The summed E-state index contributed by atoms with van der Waals surface area (Å²) in [6.45, 7) is 0. The first-order valence-corrected chi connectivity index (χ1v) is 15.0. The minimum Gasteiger partial charge on any atom is -0.496 e. The van der Waals surface area contributed by atoms with E-state index in [1.807, 2.05) is 109 Å². The van der Waals surface area contributed by atoms with E-state index < -0.39 is 7.69 Å². The van der Waals surface area contributed by atoms with Crippen molar-refractivity contribution in [3.8, 4) is 28.1 Å². The number of ether oxygens (including phenoxy) is 1. The SMILES string of the molecule is COc1ccccc1/C(=C1/N=C(c2ccccc2)C=C1c1ccccc1)c1c(-c2ccccc2)cc(-c2ccccc2)n1BF. The topological polar surface area (TPSA) is 26.5 Å². The summed E-state index contributed by atoms with van der Waals surface area (Å²) in [7, 11) is 0.946. The number of halogens is 1. The second-order valence-corrected chi connectivity index (χ2v) is 10.8. The molecule has 216 valence electrons. The Hall–Kier alpha value is -5.68. The summed E-state index contributed by atoms with van der Waals surface area (Å²) in [6.07, 6.45) is 2.14. The lowest BCUT2D eigenvalue weighted by Gasteiger charge is -2.20. The molecule has 5 aromatic carbocycles. The van der Waals surface area contributed by atoms with Crippen LogP contribution in [0.1, 0.15) is 22.4 Å². The van der Waals surface area contributed by atoms with Gasteiger partial charge in [-0.3, -0.25) is 0 Å². The minimum atomic E-state index is -0.724. The van der Waals surface area contributed by atoms with E-state index in [2.05, 4.69) is 48.5 Å². The summed E-state index contributed by atoms with van der Waals surface area (Å²) in [5.41, 5.74) is 10.6. The van der Waals surface area contributed by atoms with Gasteiger partial charge in [-0.1, -0.05) is 140 Å². The van der Waals surface area contributed by atoms with Crippen molar-refractivity contribution >= 4 is 24.5 Å². The number of methoxy groups -OCH3 is 1. The maximum absolute atomic E-state index is 15.6. The molecule has 2 heterocycles. The van der Waals surface area contributed by atoms with Crippen LogP contribution in [0.5, 0.6) is 5.75 Å². The van der Waals surface area contributed by atoms with E-state index >= 15 is 4.32 Å². The van der Waals surface area contributed by atoms with Crippen molar-refractivity contribution < 1.29 is 9.05 Å².